The Bertz CT molecular complexity index is 588. The Balaban J connectivity index is 2.48. The second-order valence-corrected chi connectivity index (χ2v) is 4.38. The second-order valence-electron chi connectivity index (χ2n) is 4.38. The minimum Gasteiger partial charge on any atom is -0.480 e. The van der Waals surface area contributed by atoms with E-state index in [-0.39, 0.29) is 5.69 Å². The summed E-state index contributed by atoms with van der Waals surface area (Å²) in [5, 5.41) is 30.8. The number of aliphatic carboxylic acids is 1. The predicted molar refractivity (Wildman–Crippen MR) is 67.8 cm³/mol. The van der Waals surface area contributed by atoms with Crippen LogP contribution < -0.4 is 4.90 Å². The Labute approximate surface area is 112 Å². The van der Waals surface area contributed by atoms with Crippen molar-refractivity contribution in [3.05, 3.63) is 38.4 Å². The zero-order valence-electron chi connectivity index (χ0n) is 10.3. The molecule has 1 aliphatic rings. The van der Waals surface area contributed by atoms with Gasteiger partial charge in [-0.25, -0.2) is 4.79 Å². The van der Waals surface area contributed by atoms with Crippen molar-refractivity contribution in [1.82, 2.24) is 0 Å². The van der Waals surface area contributed by atoms with Gasteiger partial charge in [0.2, 0.25) is 0 Å². The fraction of sp³-hybridized carbons (Fsp3) is 0.364. The number of carboxylic acids is 1. The number of nitro groups is 2. The summed E-state index contributed by atoms with van der Waals surface area (Å²) in [6.07, 6.45) is 0.995. The van der Waals surface area contributed by atoms with Crippen LogP contribution in [-0.2, 0) is 4.79 Å². The first-order chi connectivity index (χ1) is 9.41. The third-order valence-corrected chi connectivity index (χ3v) is 3.21. The molecule has 0 bridgehead atoms. The van der Waals surface area contributed by atoms with E-state index >= 15 is 0 Å². The smallest absolute Gasteiger partial charge is 0.326 e. The molecule has 1 saturated heterocycles. The van der Waals surface area contributed by atoms with Gasteiger partial charge in [0, 0.05) is 12.6 Å². The molecule has 2 rings (SSSR count). The van der Waals surface area contributed by atoms with Gasteiger partial charge in [-0.15, -0.1) is 0 Å². The van der Waals surface area contributed by atoms with E-state index in [0.717, 1.165) is 12.1 Å². The summed E-state index contributed by atoms with van der Waals surface area (Å²) >= 11 is 0. The van der Waals surface area contributed by atoms with Gasteiger partial charge in [-0.3, -0.25) is 20.2 Å². The van der Waals surface area contributed by atoms with E-state index in [0.29, 0.717) is 19.4 Å². The number of rotatable bonds is 4. The number of carboxylic acid groups (broad SMARTS) is 1. The summed E-state index contributed by atoms with van der Waals surface area (Å²) in [4.78, 5) is 32.8. The van der Waals surface area contributed by atoms with Crippen LogP contribution in [0.15, 0.2) is 18.2 Å². The highest BCUT2D eigenvalue weighted by molar-refractivity contribution is 5.81. The lowest BCUT2D eigenvalue weighted by atomic mass is 10.2. The van der Waals surface area contributed by atoms with E-state index in [1.54, 1.807) is 0 Å². The third-order valence-electron chi connectivity index (χ3n) is 3.21. The molecule has 20 heavy (non-hydrogen) atoms. The maximum atomic E-state index is 11.1. The van der Waals surface area contributed by atoms with Gasteiger partial charge in [-0.2, -0.15) is 0 Å². The highest BCUT2D eigenvalue weighted by Gasteiger charge is 2.35. The molecule has 0 aliphatic carbocycles. The molecule has 0 spiro atoms. The van der Waals surface area contributed by atoms with Crippen molar-refractivity contribution in [2.45, 2.75) is 18.9 Å². The van der Waals surface area contributed by atoms with Crippen LogP contribution in [-0.4, -0.2) is 33.5 Å². The van der Waals surface area contributed by atoms with Crippen LogP contribution in [0.5, 0.6) is 0 Å². The molecule has 1 atom stereocenters. The van der Waals surface area contributed by atoms with Crippen molar-refractivity contribution in [2.75, 3.05) is 11.4 Å². The maximum absolute atomic E-state index is 11.1. The Morgan fingerprint density at radius 2 is 2.00 bits per heavy atom. The van der Waals surface area contributed by atoms with E-state index in [2.05, 4.69) is 0 Å². The summed E-state index contributed by atoms with van der Waals surface area (Å²) in [5.74, 6) is -1.06. The van der Waals surface area contributed by atoms with E-state index in [1.807, 2.05) is 0 Å². The van der Waals surface area contributed by atoms with Crippen molar-refractivity contribution in [3.8, 4) is 0 Å². The first kappa shape index (κ1) is 13.7. The molecule has 1 aromatic carbocycles. The van der Waals surface area contributed by atoms with Crippen LogP contribution in [0.2, 0.25) is 0 Å². The van der Waals surface area contributed by atoms with Crippen LogP contribution in [0.1, 0.15) is 12.8 Å². The highest BCUT2D eigenvalue weighted by atomic mass is 16.6. The lowest BCUT2D eigenvalue weighted by Crippen LogP contribution is -2.36. The van der Waals surface area contributed by atoms with Crippen LogP contribution in [0.25, 0.3) is 0 Å². The molecule has 0 aromatic heterocycles. The van der Waals surface area contributed by atoms with Gasteiger partial charge in [-0.1, -0.05) is 0 Å². The number of benzene rings is 1. The van der Waals surface area contributed by atoms with Gasteiger partial charge in [0.25, 0.3) is 11.4 Å². The molecule has 1 aliphatic heterocycles. The molecule has 1 aromatic rings. The molecular formula is C11H11N3O6. The molecule has 0 saturated carbocycles. The van der Waals surface area contributed by atoms with Gasteiger partial charge in [0.15, 0.2) is 0 Å². The largest absolute Gasteiger partial charge is 0.480 e. The summed E-state index contributed by atoms with van der Waals surface area (Å²) < 4.78 is 0. The van der Waals surface area contributed by atoms with Crippen LogP contribution >= 0.6 is 0 Å². The number of hydrogen-bond donors (Lipinski definition) is 1. The van der Waals surface area contributed by atoms with Gasteiger partial charge in [0.05, 0.1) is 15.9 Å². The molecule has 1 N–H and O–H groups in total. The lowest BCUT2D eigenvalue weighted by molar-refractivity contribution is -0.393. The van der Waals surface area contributed by atoms with Crippen LogP contribution in [0.3, 0.4) is 0 Å². The molecule has 106 valence electrons. The number of non-ortho nitro benzene ring substituents is 1. The Hall–Kier alpha value is -2.71. The lowest BCUT2D eigenvalue weighted by Gasteiger charge is -2.23. The van der Waals surface area contributed by atoms with Crippen molar-refractivity contribution in [3.63, 3.8) is 0 Å². The number of nitro benzene ring substituents is 2. The topological polar surface area (TPSA) is 127 Å². The Kier molecular flexibility index (Phi) is 3.51. The van der Waals surface area contributed by atoms with Crippen LogP contribution in [0.4, 0.5) is 17.1 Å². The Morgan fingerprint density at radius 3 is 2.55 bits per heavy atom. The number of carbonyl (C=O) groups is 1. The number of anilines is 1. The Morgan fingerprint density at radius 1 is 1.30 bits per heavy atom. The fourth-order valence-corrected chi connectivity index (χ4v) is 2.33. The molecule has 0 unspecified atom stereocenters. The zero-order valence-corrected chi connectivity index (χ0v) is 10.3. The van der Waals surface area contributed by atoms with Gasteiger partial charge in [-0.05, 0) is 18.9 Å². The second kappa shape index (κ2) is 5.11. The van der Waals surface area contributed by atoms with Gasteiger partial charge in [0.1, 0.15) is 11.7 Å². The van der Waals surface area contributed by atoms with Crippen molar-refractivity contribution >= 4 is 23.0 Å². The third kappa shape index (κ3) is 2.37. The average Bonchev–Trinajstić information content (AvgIpc) is 2.86. The minimum atomic E-state index is -1.06. The summed E-state index contributed by atoms with van der Waals surface area (Å²) in [7, 11) is 0. The fourth-order valence-electron chi connectivity index (χ4n) is 2.33. The number of nitrogens with zero attached hydrogens (tertiary/aromatic N) is 3. The van der Waals surface area contributed by atoms with E-state index in [9.17, 15) is 25.0 Å². The number of hydrogen-bond acceptors (Lipinski definition) is 6. The van der Waals surface area contributed by atoms with Crippen molar-refractivity contribution < 1.29 is 19.7 Å². The molecule has 9 nitrogen and oxygen atoms in total. The predicted octanol–water partition coefficient (Wildman–Crippen LogP) is 1.56. The monoisotopic (exact) mass is 281 g/mol. The van der Waals surface area contributed by atoms with Gasteiger partial charge < -0.3 is 10.0 Å². The van der Waals surface area contributed by atoms with E-state index in [1.165, 1.54) is 11.0 Å². The average molecular weight is 281 g/mol. The molecule has 0 radical (unpaired) electrons. The first-order valence-corrected chi connectivity index (χ1v) is 5.84. The van der Waals surface area contributed by atoms with E-state index in [4.69, 9.17) is 5.11 Å². The summed E-state index contributed by atoms with van der Waals surface area (Å²) in [6.45, 7) is 0.371. The minimum absolute atomic E-state index is 0.102. The molecule has 9 heteroatoms. The first-order valence-electron chi connectivity index (χ1n) is 5.84. The quantitative estimate of drug-likeness (QED) is 0.655. The molecular weight excluding hydrogens is 270 g/mol. The van der Waals surface area contributed by atoms with Crippen molar-refractivity contribution in [1.29, 1.82) is 0 Å². The van der Waals surface area contributed by atoms with Gasteiger partial charge >= 0.3 is 5.97 Å². The molecule has 0 amide bonds. The van der Waals surface area contributed by atoms with Crippen LogP contribution in [0, 0.1) is 20.2 Å². The summed E-state index contributed by atoms with van der Waals surface area (Å²) in [6, 6.07) is 2.39. The zero-order chi connectivity index (χ0) is 14.9. The van der Waals surface area contributed by atoms with Crippen molar-refractivity contribution in [2.24, 2.45) is 0 Å². The highest BCUT2D eigenvalue weighted by Crippen LogP contribution is 2.36. The molecule has 1 fully saturated rings. The summed E-state index contributed by atoms with van der Waals surface area (Å²) in [5.41, 5.74) is -0.746. The molecule has 1 heterocycles. The SMILES string of the molecule is O=C(O)[C@H]1CCCN1c1ccc([N+](=O)[O-])cc1[N+](=O)[O-]. The van der Waals surface area contributed by atoms with E-state index < -0.39 is 33.2 Å². The normalized spacial score (nSPS) is 18.0. The standard InChI is InChI=1S/C11H11N3O6/c15-11(16)9-2-1-5-12(9)8-4-3-7(13(17)18)6-10(8)14(19)20/h3-4,6,9H,1-2,5H2,(H,15,16)/t9-/m1/s1. The maximum Gasteiger partial charge on any atom is 0.326 e.